The van der Waals surface area contributed by atoms with Crippen molar-refractivity contribution < 1.29 is 9.59 Å². The molecular formula is C13H21ClN2O2. The second-order valence-electron chi connectivity index (χ2n) is 5.36. The van der Waals surface area contributed by atoms with E-state index in [2.05, 4.69) is 5.32 Å². The van der Waals surface area contributed by atoms with Crippen molar-refractivity contribution in [2.45, 2.75) is 56.9 Å². The van der Waals surface area contributed by atoms with E-state index < -0.39 is 11.3 Å². The van der Waals surface area contributed by atoms with Crippen molar-refractivity contribution in [2.24, 2.45) is 5.92 Å². The summed E-state index contributed by atoms with van der Waals surface area (Å²) in [6.45, 7) is 2.33. The fourth-order valence-electron chi connectivity index (χ4n) is 3.15. The molecule has 0 radical (unpaired) electrons. The Hall–Kier alpha value is -0.770. The molecule has 0 aromatic rings. The maximum atomic E-state index is 12.1. The molecule has 5 heteroatoms. The molecule has 18 heavy (non-hydrogen) atoms. The number of nitrogens with zero attached hydrogens (tertiary/aromatic N) is 1. The molecular weight excluding hydrogens is 252 g/mol. The smallest absolute Gasteiger partial charge is 0.321 e. The largest absolute Gasteiger partial charge is 0.324 e. The van der Waals surface area contributed by atoms with Crippen molar-refractivity contribution in [1.29, 1.82) is 0 Å². The summed E-state index contributed by atoms with van der Waals surface area (Å²) >= 11 is 5.67. The van der Waals surface area contributed by atoms with Gasteiger partial charge in [-0.1, -0.05) is 12.8 Å². The second-order valence-corrected chi connectivity index (χ2v) is 6.01. The van der Waals surface area contributed by atoms with Gasteiger partial charge < -0.3 is 4.90 Å². The van der Waals surface area contributed by atoms with E-state index in [4.69, 9.17) is 11.6 Å². The van der Waals surface area contributed by atoms with Crippen LogP contribution in [0.15, 0.2) is 0 Å². The van der Waals surface area contributed by atoms with Gasteiger partial charge in [-0.2, -0.15) is 0 Å². The molecule has 1 N–H and O–H groups in total. The molecule has 4 nitrogen and oxygen atoms in total. The standard InChI is InChI=1S/C13H21ClN2O2/c1-9(14)12(17)15-13(18)16-8-4-6-10-5-2-3-7-11(10)16/h9-11H,2-8H2,1H3,(H,15,17,18). The normalized spacial score (nSPS) is 29.3. The van der Waals surface area contributed by atoms with Crippen LogP contribution < -0.4 is 5.32 Å². The van der Waals surface area contributed by atoms with Crippen LogP contribution in [-0.2, 0) is 4.79 Å². The number of urea groups is 1. The van der Waals surface area contributed by atoms with Crippen LogP contribution in [0.4, 0.5) is 4.79 Å². The first-order valence-electron chi connectivity index (χ1n) is 6.85. The number of hydrogen-bond acceptors (Lipinski definition) is 2. The second kappa shape index (κ2) is 5.91. The lowest BCUT2D eigenvalue weighted by Gasteiger charge is -2.43. The highest BCUT2D eigenvalue weighted by Gasteiger charge is 2.36. The number of piperidine rings is 1. The van der Waals surface area contributed by atoms with Crippen molar-refractivity contribution >= 4 is 23.5 Å². The number of imide groups is 1. The molecule has 2 rings (SSSR count). The number of carbonyl (C=O) groups is 2. The number of halogens is 1. The van der Waals surface area contributed by atoms with Gasteiger partial charge in [-0.3, -0.25) is 10.1 Å². The quantitative estimate of drug-likeness (QED) is 0.746. The fourth-order valence-corrected chi connectivity index (χ4v) is 3.21. The zero-order chi connectivity index (χ0) is 13.1. The van der Waals surface area contributed by atoms with E-state index in [0.717, 1.165) is 19.4 Å². The Kier molecular flexibility index (Phi) is 4.49. The van der Waals surface area contributed by atoms with Crippen LogP contribution in [-0.4, -0.2) is 34.8 Å². The number of fused-ring (bicyclic) bond motifs is 1. The minimum Gasteiger partial charge on any atom is -0.321 e. The summed E-state index contributed by atoms with van der Waals surface area (Å²) in [5.74, 6) is 0.223. The molecule has 3 atom stereocenters. The number of rotatable bonds is 1. The van der Waals surface area contributed by atoms with Gasteiger partial charge in [-0.15, -0.1) is 11.6 Å². The van der Waals surface area contributed by atoms with Crippen LogP contribution in [0, 0.1) is 5.92 Å². The fraction of sp³-hybridized carbons (Fsp3) is 0.846. The maximum Gasteiger partial charge on any atom is 0.324 e. The van der Waals surface area contributed by atoms with Crippen LogP contribution in [0.5, 0.6) is 0 Å². The van der Waals surface area contributed by atoms with Gasteiger partial charge in [0.05, 0.1) is 0 Å². The maximum absolute atomic E-state index is 12.1. The van der Waals surface area contributed by atoms with Crippen LogP contribution >= 0.6 is 11.6 Å². The highest BCUT2D eigenvalue weighted by atomic mass is 35.5. The van der Waals surface area contributed by atoms with Crippen LogP contribution in [0.25, 0.3) is 0 Å². The average Bonchev–Trinajstić information content (AvgIpc) is 2.37. The number of hydrogen-bond donors (Lipinski definition) is 1. The highest BCUT2D eigenvalue weighted by Crippen LogP contribution is 2.35. The van der Waals surface area contributed by atoms with Gasteiger partial charge in [-0.25, -0.2) is 4.79 Å². The highest BCUT2D eigenvalue weighted by molar-refractivity contribution is 6.31. The Morgan fingerprint density at radius 1 is 1.22 bits per heavy atom. The number of amides is 3. The van der Waals surface area contributed by atoms with Gasteiger partial charge in [0.25, 0.3) is 0 Å². The molecule has 1 saturated carbocycles. The van der Waals surface area contributed by atoms with Crippen LogP contribution in [0.2, 0.25) is 0 Å². The molecule has 1 heterocycles. The van der Waals surface area contributed by atoms with E-state index in [9.17, 15) is 9.59 Å². The molecule has 2 fully saturated rings. The number of alkyl halides is 1. The third kappa shape index (κ3) is 2.97. The summed E-state index contributed by atoms with van der Waals surface area (Å²) in [5, 5.41) is 1.73. The zero-order valence-electron chi connectivity index (χ0n) is 10.8. The Morgan fingerprint density at radius 2 is 1.89 bits per heavy atom. The Labute approximate surface area is 113 Å². The lowest BCUT2D eigenvalue weighted by Crippen LogP contribution is -2.54. The Morgan fingerprint density at radius 3 is 2.61 bits per heavy atom. The van der Waals surface area contributed by atoms with Crippen molar-refractivity contribution in [3.05, 3.63) is 0 Å². The molecule has 1 aliphatic carbocycles. The van der Waals surface area contributed by atoms with Crippen LogP contribution in [0.1, 0.15) is 45.4 Å². The minimum absolute atomic E-state index is 0.260. The summed E-state index contributed by atoms with van der Waals surface area (Å²) in [4.78, 5) is 25.4. The molecule has 0 aromatic carbocycles. The Bertz CT molecular complexity index is 331. The molecule has 102 valence electrons. The summed E-state index contributed by atoms with van der Waals surface area (Å²) in [5.41, 5.74) is 0. The molecule has 2 aliphatic rings. The third-order valence-electron chi connectivity index (χ3n) is 4.10. The molecule has 1 aliphatic heterocycles. The monoisotopic (exact) mass is 272 g/mol. The number of nitrogens with one attached hydrogen (secondary N) is 1. The van der Waals surface area contributed by atoms with Crippen molar-refractivity contribution in [1.82, 2.24) is 10.2 Å². The SMILES string of the molecule is CC(Cl)C(=O)NC(=O)N1CCCC2CCCCC21. The van der Waals surface area contributed by atoms with E-state index in [1.807, 2.05) is 4.90 Å². The predicted molar refractivity (Wildman–Crippen MR) is 70.5 cm³/mol. The summed E-state index contributed by atoms with van der Waals surface area (Å²) in [6, 6.07) is 0.0648. The van der Waals surface area contributed by atoms with Gasteiger partial charge in [0.15, 0.2) is 0 Å². The molecule has 3 amide bonds. The van der Waals surface area contributed by atoms with Gasteiger partial charge in [0.2, 0.25) is 5.91 Å². The van der Waals surface area contributed by atoms with E-state index in [1.165, 1.54) is 25.7 Å². The van der Waals surface area contributed by atoms with Crippen molar-refractivity contribution in [3.8, 4) is 0 Å². The minimum atomic E-state index is -0.666. The van der Waals surface area contributed by atoms with Gasteiger partial charge in [-0.05, 0) is 38.5 Å². The number of carbonyl (C=O) groups excluding carboxylic acids is 2. The lowest BCUT2D eigenvalue weighted by atomic mass is 9.78. The Balaban J connectivity index is 1.97. The van der Waals surface area contributed by atoms with Gasteiger partial charge >= 0.3 is 6.03 Å². The van der Waals surface area contributed by atoms with E-state index >= 15 is 0 Å². The van der Waals surface area contributed by atoms with Crippen molar-refractivity contribution in [3.63, 3.8) is 0 Å². The first kappa shape index (κ1) is 13.7. The van der Waals surface area contributed by atoms with Gasteiger partial charge in [0.1, 0.15) is 5.38 Å². The molecule has 1 saturated heterocycles. The topological polar surface area (TPSA) is 49.4 Å². The molecule has 0 spiro atoms. The first-order valence-corrected chi connectivity index (χ1v) is 7.29. The number of likely N-dealkylation sites (tertiary alicyclic amines) is 1. The summed E-state index contributed by atoms with van der Waals surface area (Å²) in [6.07, 6.45) is 7.00. The average molecular weight is 273 g/mol. The predicted octanol–water partition coefficient (Wildman–Crippen LogP) is 2.50. The first-order chi connectivity index (χ1) is 8.59. The summed E-state index contributed by atoms with van der Waals surface area (Å²) < 4.78 is 0. The summed E-state index contributed by atoms with van der Waals surface area (Å²) in [7, 11) is 0. The van der Waals surface area contributed by atoms with E-state index in [0.29, 0.717) is 12.0 Å². The third-order valence-corrected chi connectivity index (χ3v) is 4.29. The molecule has 3 unspecified atom stereocenters. The van der Waals surface area contributed by atoms with Crippen LogP contribution in [0.3, 0.4) is 0 Å². The van der Waals surface area contributed by atoms with E-state index in [1.54, 1.807) is 6.92 Å². The van der Waals surface area contributed by atoms with E-state index in [-0.39, 0.29) is 6.03 Å². The van der Waals surface area contributed by atoms with Gasteiger partial charge in [0, 0.05) is 12.6 Å². The molecule has 0 bridgehead atoms. The molecule has 0 aromatic heterocycles. The lowest BCUT2D eigenvalue weighted by molar-refractivity contribution is -0.119. The zero-order valence-corrected chi connectivity index (χ0v) is 11.6. The van der Waals surface area contributed by atoms with Crippen molar-refractivity contribution in [2.75, 3.05) is 6.54 Å².